The van der Waals surface area contributed by atoms with Gasteiger partial charge in [-0.2, -0.15) is 0 Å². The Hall–Kier alpha value is -2.81. The topological polar surface area (TPSA) is 50.4 Å². The summed E-state index contributed by atoms with van der Waals surface area (Å²) in [4.78, 5) is 12.0. The van der Waals surface area contributed by atoms with Crippen LogP contribution < -0.4 is 0 Å². The number of hydrogen-bond acceptors (Lipinski definition) is 3. The van der Waals surface area contributed by atoms with Crippen molar-refractivity contribution in [2.75, 3.05) is 0 Å². The molecular weight excluding hydrogens is 252 g/mol. The fourth-order valence-corrected chi connectivity index (χ4v) is 2.03. The van der Waals surface area contributed by atoms with Gasteiger partial charge in [-0.1, -0.05) is 24.3 Å². The lowest BCUT2D eigenvalue weighted by Gasteiger charge is -1.99. The highest BCUT2D eigenvalue weighted by Gasteiger charge is 2.06. The minimum atomic E-state index is -0.226. The standard InChI is InChI=1S/C17H12O3/c18-15-4-2-1-3-14(15)16(19)7-5-12-6-8-17-13(11-12)9-10-20-17/h1-11,18H. The molecule has 0 bridgehead atoms. The summed E-state index contributed by atoms with van der Waals surface area (Å²) in [6.07, 6.45) is 4.81. The van der Waals surface area contributed by atoms with Crippen molar-refractivity contribution in [1.82, 2.24) is 0 Å². The van der Waals surface area contributed by atoms with E-state index < -0.39 is 0 Å². The van der Waals surface area contributed by atoms with Crippen molar-refractivity contribution in [3.05, 3.63) is 72.0 Å². The third-order valence-electron chi connectivity index (χ3n) is 3.07. The molecule has 0 fully saturated rings. The number of ketones is 1. The second-order valence-electron chi connectivity index (χ2n) is 4.43. The molecule has 3 nitrogen and oxygen atoms in total. The minimum absolute atomic E-state index is 0.00700. The molecule has 0 saturated heterocycles. The number of phenols is 1. The third-order valence-corrected chi connectivity index (χ3v) is 3.07. The molecule has 0 amide bonds. The van der Waals surface area contributed by atoms with Gasteiger partial charge in [-0.3, -0.25) is 4.79 Å². The molecule has 3 aromatic rings. The van der Waals surface area contributed by atoms with Crippen molar-refractivity contribution < 1.29 is 14.3 Å². The Bertz CT molecular complexity index is 797. The SMILES string of the molecule is O=C(C=Cc1ccc2occc2c1)c1ccccc1O. The van der Waals surface area contributed by atoms with Crippen LogP contribution >= 0.6 is 0 Å². The van der Waals surface area contributed by atoms with Crippen LogP contribution in [0.25, 0.3) is 17.0 Å². The van der Waals surface area contributed by atoms with Crippen molar-refractivity contribution in [3.63, 3.8) is 0 Å². The van der Waals surface area contributed by atoms with Crippen molar-refractivity contribution in [2.45, 2.75) is 0 Å². The lowest BCUT2D eigenvalue weighted by molar-refractivity contribution is 0.104. The van der Waals surface area contributed by atoms with Gasteiger partial charge in [-0.15, -0.1) is 0 Å². The van der Waals surface area contributed by atoms with Crippen LogP contribution in [0.4, 0.5) is 0 Å². The van der Waals surface area contributed by atoms with Crippen molar-refractivity contribution in [2.24, 2.45) is 0 Å². The van der Waals surface area contributed by atoms with Gasteiger partial charge in [0.25, 0.3) is 0 Å². The van der Waals surface area contributed by atoms with Gasteiger partial charge in [-0.25, -0.2) is 0 Å². The third kappa shape index (κ3) is 2.34. The maximum absolute atomic E-state index is 12.0. The fraction of sp³-hybridized carbons (Fsp3) is 0. The first-order valence-electron chi connectivity index (χ1n) is 6.22. The van der Waals surface area contributed by atoms with Gasteiger partial charge in [0.15, 0.2) is 5.78 Å². The average Bonchev–Trinajstić information content (AvgIpc) is 2.92. The van der Waals surface area contributed by atoms with Gasteiger partial charge in [-0.05, 0) is 42.0 Å². The monoisotopic (exact) mass is 264 g/mol. The number of allylic oxidation sites excluding steroid dienone is 1. The summed E-state index contributed by atoms with van der Waals surface area (Å²) in [6.45, 7) is 0. The number of fused-ring (bicyclic) bond motifs is 1. The van der Waals surface area contributed by atoms with E-state index in [1.54, 1.807) is 30.5 Å². The molecule has 98 valence electrons. The van der Waals surface area contributed by atoms with E-state index in [0.717, 1.165) is 16.5 Å². The molecule has 0 aliphatic rings. The number of carbonyl (C=O) groups excluding carboxylic acids is 1. The molecule has 1 aromatic heterocycles. The van der Waals surface area contributed by atoms with E-state index in [0.29, 0.717) is 5.56 Å². The predicted octanol–water partition coefficient (Wildman–Crippen LogP) is 4.03. The second kappa shape index (κ2) is 5.05. The Balaban J connectivity index is 1.86. The number of aromatic hydroxyl groups is 1. The number of rotatable bonds is 3. The summed E-state index contributed by atoms with van der Waals surface area (Å²) in [5, 5.41) is 10.6. The number of hydrogen-bond donors (Lipinski definition) is 1. The highest BCUT2D eigenvalue weighted by atomic mass is 16.3. The zero-order chi connectivity index (χ0) is 13.9. The first kappa shape index (κ1) is 12.2. The molecule has 0 unspecified atom stereocenters. The molecule has 0 atom stereocenters. The predicted molar refractivity (Wildman–Crippen MR) is 77.7 cm³/mol. The average molecular weight is 264 g/mol. The van der Waals surface area contributed by atoms with Crippen LogP contribution in [0.5, 0.6) is 5.75 Å². The number of carbonyl (C=O) groups is 1. The zero-order valence-corrected chi connectivity index (χ0v) is 10.6. The Morgan fingerprint density at radius 1 is 1.10 bits per heavy atom. The number of furan rings is 1. The molecule has 2 aromatic carbocycles. The molecule has 0 radical (unpaired) electrons. The summed E-state index contributed by atoms with van der Waals surface area (Å²) in [5.41, 5.74) is 2.02. The summed E-state index contributed by atoms with van der Waals surface area (Å²) in [5.74, 6) is -0.233. The molecule has 0 aliphatic heterocycles. The number of benzene rings is 2. The van der Waals surface area contributed by atoms with Crippen molar-refractivity contribution in [1.29, 1.82) is 0 Å². The van der Waals surface area contributed by atoms with E-state index in [1.165, 1.54) is 12.1 Å². The van der Waals surface area contributed by atoms with E-state index in [2.05, 4.69) is 0 Å². The molecule has 3 rings (SSSR count). The zero-order valence-electron chi connectivity index (χ0n) is 10.6. The lowest BCUT2D eigenvalue weighted by Crippen LogP contribution is -1.94. The minimum Gasteiger partial charge on any atom is -0.507 e. The van der Waals surface area contributed by atoms with E-state index in [-0.39, 0.29) is 11.5 Å². The van der Waals surface area contributed by atoms with E-state index >= 15 is 0 Å². The van der Waals surface area contributed by atoms with Gasteiger partial charge >= 0.3 is 0 Å². The highest BCUT2D eigenvalue weighted by Crippen LogP contribution is 2.19. The summed E-state index contributed by atoms with van der Waals surface area (Å²) in [6, 6.07) is 14.0. The number of para-hydroxylation sites is 1. The maximum Gasteiger partial charge on any atom is 0.189 e. The summed E-state index contributed by atoms with van der Waals surface area (Å²) in [7, 11) is 0. The molecule has 0 spiro atoms. The molecule has 1 heterocycles. The smallest absolute Gasteiger partial charge is 0.189 e. The quantitative estimate of drug-likeness (QED) is 0.574. The van der Waals surface area contributed by atoms with Crippen molar-refractivity contribution in [3.8, 4) is 5.75 Å². The van der Waals surface area contributed by atoms with Gasteiger partial charge in [0.05, 0.1) is 11.8 Å². The fourth-order valence-electron chi connectivity index (χ4n) is 2.03. The van der Waals surface area contributed by atoms with Gasteiger partial charge in [0.2, 0.25) is 0 Å². The Morgan fingerprint density at radius 2 is 1.95 bits per heavy atom. The van der Waals surface area contributed by atoms with Gasteiger partial charge < -0.3 is 9.52 Å². The highest BCUT2D eigenvalue weighted by molar-refractivity contribution is 6.08. The van der Waals surface area contributed by atoms with Crippen LogP contribution in [0, 0.1) is 0 Å². The van der Waals surface area contributed by atoms with Crippen LogP contribution in [0.2, 0.25) is 0 Å². The van der Waals surface area contributed by atoms with Crippen LogP contribution in [0.15, 0.2) is 65.3 Å². The number of phenolic OH excluding ortho intramolecular Hbond substituents is 1. The molecular formula is C17H12O3. The second-order valence-corrected chi connectivity index (χ2v) is 4.43. The summed E-state index contributed by atoms with van der Waals surface area (Å²) < 4.78 is 5.26. The van der Waals surface area contributed by atoms with Crippen LogP contribution in [0.1, 0.15) is 15.9 Å². The summed E-state index contributed by atoms with van der Waals surface area (Å²) >= 11 is 0. The van der Waals surface area contributed by atoms with Crippen LogP contribution in [0.3, 0.4) is 0 Å². The molecule has 20 heavy (non-hydrogen) atoms. The van der Waals surface area contributed by atoms with E-state index in [1.807, 2.05) is 24.3 Å². The Labute approximate surface area is 115 Å². The Kier molecular flexibility index (Phi) is 3.09. The van der Waals surface area contributed by atoms with Gasteiger partial charge in [0.1, 0.15) is 11.3 Å². The first-order chi connectivity index (χ1) is 9.74. The lowest BCUT2D eigenvalue weighted by atomic mass is 10.1. The Morgan fingerprint density at radius 3 is 2.80 bits per heavy atom. The normalized spacial score (nSPS) is 11.2. The molecule has 0 aliphatic carbocycles. The van der Waals surface area contributed by atoms with Crippen LogP contribution in [-0.4, -0.2) is 10.9 Å². The molecule has 1 N–H and O–H groups in total. The first-order valence-corrected chi connectivity index (χ1v) is 6.22. The van der Waals surface area contributed by atoms with Gasteiger partial charge in [0, 0.05) is 5.39 Å². The maximum atomic E-state index is 12.0. The molecule has 0 saturated carbocycles. The molecule has 3 heteroatoms. The van der Waals surface area contributed by atoms with E-state index in [9.17, 15) is 9.90 Å². The van der Waals surface area contributed by atoms with E-state index in [4.69, 9.17) is 4.42 Å². The van der Waals surface area contributed by atoms with Crippen LogP contribution in [-0.2, 0) is 0 Å². The largest absolute Gasteiger partial charge is 0.507 e. The van der Waals surface area contributed by atoms with Crippen molar-refractivity contribution >= 4 is 22.8 Å².